The van der Waals surface area contributed by atoms with Gasteiger partial charge >= 0.3 is 0 Å². The molecule has 1 amide bonds. The topological polar surface area (TPSA) is 58.6 Å². The predicted octanol–water partition coefficient (Wildman–Crippen LogP) is 1.58. The van der Waals surface area contributed by atoms with Gasteiger partial charge in [0.2, 0.25) is 0 Å². The quantitative estimate of drug-likeness (QED) is 0.802. The molecule has 2 N–H and O–H groups in total. The van der Waals surface area contributed by atoms with Crippen LogP contribution in [0.25, 0.3) is 0 Å². The monoisotopic (exact) mass is 275 g/mol. The Bertz CT molecular complexity index is 495. The highest BCUT2D eigenvalue weighted by Gasteiger charge is 2.18. The molecular formula is C16H21NO3. The first-order chi connectivity index (χ1) is 9.48. The molecule has 0 aromatic heterocycles. The number of rotatable bonds is 5. The molecule has 0 bridgehead atoms. The molecule has 0 saturated carbocycles. The van der Waals surface area contributed by atoms with Crippen molar-refractivity contribution < 1.29 is 14.6 Å². The summed E-state index contributed by atoms with van der Waals surface area (Å²) in [5.41, 5.74) is 0.967. The number of aliphatic hydroxyl groups is 1. The van der Waals surface area contributed by atoms with E-state index in [2.05, 4.69) is 17.2 Å². The molecule has 1 aromatic carbocycles. The van der Waals surface area contributed by atoms with Crippen molar-refractivity contribution in [1.29, 1.82) is 0 Å². The molecule has 0 spiro atoms. The Balaban J connectivity index is 2.60. The van der Waals surface area contributed by atoms with Crippen molar-refractivity contribution >= 4 is 5.91 Å². The van der Waals surface area contributed by atoms with Gasteiger partial charge < -0.3 is 15.2 Å². The van der Waals surface area contributed by atoms with E-state index < -0.39 is 0 Å². The second-order valence-electron chi connectivity index (χ2n) is 4.91. The van der Waals surface area contributed by atoms with Crippen molar-refractivity contribution in [3.8, 4) is 11.8 Å². The minimum Gasteiger partial charge on any atom is -0.384 e. The molecule has 0 atom stereocenters. The van der Waals surface area contributed by atoms with Crippen LogP contribution in [-0.2, 0) is 4.74 Å². The van der Waals surface area contributed by atoms with Crippen molar-refractivity contribution in [2.24, 2.45) is 0 Å². The van der Waals surface area contributed by atoms with Gasteiger partial charge in [0.1, 0.15) is 6.61 Å². The number of carbonyl (C=O) groups excluding carboxylic acids is 1. The Morgan fingerprint density at radius 1 is 1.35 bits per heavy atom. The van der Waals surface area contributed by atoms with Gasteiger partial charge in [-0.05, 0) is 45.0 Å². The van der Waals surface area contributed by atoms with Crippen LogP contribution in [0.2, 0.25) is 0 Å². The predicted molar refractivity (Wildman–Crippen MR) is 78.4 cm³/mol. The SMILES string of the molecule is CCOC(C)(C)CNC(=O)c1ccc(C#CCO)cc1. The van der Waals surface area contributed by atoms with E-state index in [4.69, 9.17) is 9.84 Å². The van der Waals surface area contributed by atoms with E-state index in [9.17, 15) is 4.79 Å². The van der Waals surface area contributed by atoms with Crippen molar-refractivity contribution in [3.63, 3.8) is 0 Å². The van der Waals surface area contributed by atoms with Crippen LogP contribution in [0.15, 0.2) is 24.3 Å². The Labute approximate surface area is 120 Å². The molecule has 0 fully saturated rings. The summed E-state index contributed by atoms with van der Waals surface area (Å²) in [4.78, 5) is 12.0. The van der Waals surface area contributed by atoms with Gasteiger partial charge in [0.15, 0.2) is 0 Å². The smallest absolute Gasteiger partial charge is 0.251 e. The first-order valence-electron chi connectivity index (χ1n) is 6.60. The number of ether oxygens (including phenoxy) is 1. The zero-order valence-corrected chi connectivity index (χ0v) is 12.2. The molecule has 0 aliphatic heterocycles. The average molecular weight is 275 g/mol. The molecule has 1 rings (SSSR count). The van der Waals surface area contributed by atoms with Crippen LogP contribution in [-0.4, -0.2) is 36.4 Å². The maximum atomic E-state index is 12.0. The first kappa shape index (κ1) is 16.2. The fourth-order valence-electron chi connectivity index (χ4n) is 1.68. The molecule has 108 valence electrons. The van der Waals surface area contributed by atoms with Crippen molar-refractivity contribution in [3.05, 3.63) is 35.4 Å². The van der Waals surface area contributed by atoms with Gasteiger partial charge in [-0.2, -0.15) is 0 Å². The van der Waals surface area contributed by atoms with Crippen LogP contribution >= 0.6 is 0 Å². The van der Waals surface area contributed by atoms with E-state index in [-0.39, 0.29) is 18.1 Å². The summed E-state index contributed by atoms with van der Waals surface area (Å²) in [5.74, 6) is 5.20. The normalized spacial score (nSPS) is 10.6. The summed E-state index contributed by atoms with van der Waals surface area (Å²) in [6.07, 6.45) is 0. The minimum atomic E-state index is -0.378. The number of aliphatic hydroxyl groups excluding tert-OH is 1. The molecule has 4 heteroatoms. The number of amides is 1. The Kier molecular flexibility index (Phi) is 6.23. The van der Waals surface area contributed by atoms with Crippen molar-refractivity contribution in [2.45, 2.75) is 26.4 Å². The summed E-state index contributed by atoms with van der Waals surface area (Å²) < 4.78 is 5.52. The van der Waals surface area contributed by atoms with Gasteiger partial charge in [-0.15, -0.1) is 0 Å². The summed E-state index contributed by atoms with van der Waals surface area (Å²) in [7, 11) is 0. The lowest BCUT2D eigenvalue weighted by atomic mass is 10.1. The van der Waals surface area contributed by atoms with E-state index in [0.29, 0.717) is 18.7 Å². The van der Waals surface area contributed by atoms with Crippen LogP contribution in [0.1, 0.15) is 36.7 Å². The third-order valence-corrected chi connectivity index (χ3v) is 2.67. The highest BCUT2D eigenvalue weighted by molar-refractivity contribution is 5.94. The van der Waals surface area contributed by atoms with Gasteiger partial charge in [-0.1, -0.05) is 11.8 Å². The fourth-order valence-corrected chi connectivity index (χ4v) is 1.68. The fraction of sp³-hybridized carbons (Fsp3) is 0.438. The van der Waals surface area contributed by atoms with E-state index in [0.717, 1.165) is 5.56 Å². The van der Waals surface area contributed by atoms with Gasteiger partial charge in [0, 0.05) is 24.3 Å². The Morgan fingerprint density at radius 2 is 2.00 bits per heavy atom. The molecule has 0 saturated heterocycles. The van der Waals surface area contributed by atoms with Crippen LogP contribution in [0.5, 0.6) is 0 Å². The molecule has 0 radical (unpaired) electrons. The molecule has 0 heterocycles. The largest absolute Gasteiger partial charge is 0.384 e. The lowest BCUT2D eigenvalue weighted by Gasteiger charge is -2.24. The molecule has 4 nitrogen and oxygen atoms in total. The second kappa shape index (κ2) is 7.68. The van der Waals surface area contributed by atoms with E-state index in [1.54, 1.807) is 24.3 Å². The maximum Gasteiger partial charge on any atom is 0.251 e. The van der Waals surface area contributed by atoms with Crippen LogP contribution in [0, 0.1) is 11.8 Å². The Morgan fingerprint density at radius 3 is 2.55 bits per heavy atom. The summed E-state index contributed by atoms with van der Waals surface area (Å²) in [6, 6.07) is 6.94. The second-order valence-corrected chi connectivity index (χ2v) is 4.91. The van der Waals surface area contributed by atoms with Crippen LogP contribution < -0.4 is 5.32 Å². The van der Waals surface area contributed by atoms with E-state index in [1.165, 1.54) is 0 Å². The standard InChI is InChI=1S/C16H21NO3/c1-4-20-16(2,3)12-17-15(19)14-9-7-13(8-10-14)6-5-11-18/h7-10,18H,4,11-12H2,1-3H3,(H,17,19). The maximum absolute atomic E-state index is 12.0. The van der Waals surface area contributed by atoms with E-state index >= 15 is 0 Å². The van der Waals surface area contributed by atoms with Gasteiger partial charge in [-0.3, -0.25) is 4.79 Å². The van der Waals surface area contributed by atoms with E-state index in [1.807, 2.05) is 20.8 Å². The van der Waals surface area contributed by atoms with Crippen LogP contribution in [0.3, 0.4) is 0 Å². The van der Waals surface area contributed by atoms with Gasteiger partial charge in [0.25, 0.3) is 5.91 Å². The number of hydrogen-bond donors (Lipinski definition) is 2. The molecule has 1 aromatic rings. The summed E-state index contributed by atoms with van der Waals surface area (Å²) in [5, 5.41) is 11.5. The number of hydrogen-bond acceptors (Lipinski definition) is 3. The number of benzene rings is 1. The third kappa shape index (κ3) is 5.43. The molecular weight excluding hydrogens is 254 g/mol. The molecule has 0 aliphatic rings. The lowest BCUT2D eigenvalue weighted by molar-refractivity contribution is -0.00815. The van der Waals surface area contributed by atoms with Gasteiger partial charge in [0.05, 0.1) is 5.60 Å². The van der Waals surface area contributed by atoms with Crippen LogP contribution in [0.4, 0.5) is 0 Å². The summed E-state index contributed by atoms with van der Waals surface area (Å²) >= 11 is 0. The molecule has 20 heavy (non-hydrogen) atoms. The minimum absolute atomic E-state index is 0.139. The molecule has 0 unspecified atom stereocenters. The first-order valence-corrected chi connectivity index (χ1v) is 6.60. The Hall–Kier alpha value is -1.83. The highest BCUT2D eigenvalue weighted by atomic mass is 16.5. The van der Waals surface area contributed by atoms with Crippen molar-refractivity contribution in [1.82, 2.24) is 5.32 Å². The molecule has 0 aliphatic carbocycles. The highest BCUT2D eigenvalue weighted by Crippen LogP contribution is 2.08. The lowest BCUT2D eigenvalue weighted by Crippen LogP contribution is -2.40. The zero-order chi connectivity index (χ0) is 15.0. The average Bonchev–Trinajstić information content (AvgIpc) is 2.43. The number of carbonyl (C=O) groups is 1. The van der Waals surface area contributed by atoms with Crippen molar-refractivity contribution in [2.75, 3.05) is 19.8 Å². The zero-order valence-electron chi connectivity index (χ0n) is 12.2. The van der Waals surface area contributed by atoms with Gasteiger partial charge in [-0.25, -0.2) is 0 Å². The number of nitrogens with one attached hydrogen (secondary N) is 1. The third-order valence-electron chi connectivity index (χ3n) is 2.67. The summed E-state index contributed by atoms with van der Waals surface area (Å²) in [6.45, 7) is 6.69.